The first-order valence-electron chi connectivity index (χ1n) is 9.61. The summed E-state index contributed by atoms with van der Waals surface area (Å²) in [4.78, 5) is 11.8. The Morgan fingerprint density at radius 1 is 1.00 bits per heavy atom. The van der Waals surface area contributed by atoms with E-state index < -0.39 is 0 Å². The number of nitrogens with zero attached hydrogens (tertiary/aromatic N) is 4. The molecule has 0 N–H and O–H groups in total. The van der Waals surface area contributed by atoms with E-state index in [0.717, 1.165) is 44.0 Å². The lowest BCUT2D eigenvalue weighted by Gasteiger charge is -2.27. The molecule has 5 rings (SSSR count). The topological polar surface area (TPSA) is 43.2 Å². The SMILES string of the molecule is COc1ccc(-c2cnc3n2C[C@H]2CN(Cc4ccccn4)C[C@@H]2C3)cc1. The fraction of sp³-hybridized carbons (Fsp3) is 0.364. The average molecular weight is 360 g/mol. The van der Waals surface area contributed by atoms with E-state index in [-0.39, 0.29) is 0 Å². The molecule has 0 amide bonds. The Balaban J connectivity index is 1.33. The van der Waals surface area contributed by atoms with Crippen molar-refractivity contribution in [3.05, 3.63) is 66.4 Å². The average Bonchev–Trinajstić information content (AvgIpc) is 3.29. The molecule has 5 heteroatoms. The smallest absolute Gasteiger partial charge is 0.118 e. The normalized spacial score (nSPS) is 21.7. The second-order valence-electron chi connectivity index (χ2n) is 7.64. The molecule has 2 atom stereocenters. The second-order valence-corrected chi connectivity index (χ2v) is 7.64. The first-order valence-corrected chi connectivity index (χ1v) is 9.61. The summed E-state index contributed by atoms with van der Waals surface area (Å²) in [7, 11) is 1.70. The van der Waals surface area contributed by atoms with Crippen LogP contribution in [0.15, 0.2) is 54.9 Å². The number of fused-ring (bicyclic) bond motifs is 2. The van der Waals surface area contributed by atoms with Crippen LogP contribution < -0.4 is 4.74 Å². The predicted molar refractivity (Wildman–Crippen MR) is 104 cm³/mol. The molecular weight excluding hydrogens is 336 g/mol. The van der Waals surface area contributed by atoms with Crippen LogP contribution in [0.1, 0.15) is 11.5 Å². The van der Waals surface area contributed by atoms with Crippen LogP contribution in [0.3, 0.4) is 0 Å². The molecule has 5 nitrogen and oxygen atoms in total. The van der Waals surface area contributed by atoms with Gasteiger partial charge in [0.2, 0.25) is 0 Å². The van der Waals surface area contributed by atoms with Crippen molar-refractivity contribution in [3.63, 3.8) is 0 Å². The third kappa shape index (κ3) is 3.12. The zero-order valence-corrected chi connectivity index (χ0v) is 15.6. The van der Waals surface area contributed by atoms with Gasteiger partial charge in [0.1, 0.15) is 11.6 Å². The summed E-state index contributed by atoms with van der Waals surface area (Å²) in [5, 5.41) is 0. The van der Waals surface area contributed by atoms with Crippen molar-refractivity contribution in [2.24, 2.45) is 11.8 Å². The molecule has 2 aliphatic rings. The molecule has 2 aliphatic heterocycles. The van der Waals surface area contributed by atoms with E-state index in [1.807, 2.05) is 30.6 Å². The van der Waals surface area contributed by atoms with Gasteiger partial charge in [-0.3, -0.25) is 9.88 Å². The van der Waals surface area contributed by atoms with Crippen molar-refractivity contribution in [1.82, 2.24) is 19.4 Å². The van der Waals surface area contributed by atoms with Gasteiger partial charge in [-0.1, -0.05) is 6.07 Å². The van der Waals surface area contributed by atoms with Gasteiger partial charge >= 0.3 is 0 Å². The van der Waals surface area contributed by atoms with E-state index in [4.69, 9.17) is 9.72 Å². The summed E-state index contributed by atoms with van der Waals surface area (Å²) < 4.78 is 7.71. The van der Waals surface area contributed by atoms with Crippen molar-refractivity contribution >= 4 is 0 Å². The van der Waals surface area contributed by atoms with Crippen LogP contribution in [-0.2, 0) is 19.5 Å². The fourth-order valence-corrected chi connectivity index (χ4v) is 4.57. The van der Waals surface area contributed by atoms with E-state index in [0.29, 0.717) is 11.8 Å². The van der Waals surface area contributed by atoms with Crippen molar-refractivity contribution in [2.45, 2.75) is 19.5 Å². The number of pyridine rings is 1. The Bertz CT molecular complexity index is 919. The first kappa shape index (κ1) is 16.5. The Kier molecular flexibility index (Phi) is 4.17. The predicted octanol–water partition coefficient (Wildman–Crippen LogP) is 3.26. The van der Waals surface area contributed by atoms with Crippen molar-refractivity contribution in [1.29, 1.82) is 0 Å². The number of methoxy groups -OCH3 is 1. The third-order valence-corrected chi connectivity index (χ3v) is 5.95. The summed E-state index contributed by atoms with van der Waals surface area (Å²) in [6.07, 6.45) is 4.98. The minimum Gasteiger partial charge on any atom is -0.497 e. The quantitative estimate of drug-likeness (QED) is 0.716. The Morgan fingerprint density at radius 2 is 1.85 bits per heavy atom. The number of aromatic nitrogens is 3. The van der Waals surface area contributed by atoms with Crippen molar-refractivity contribution in [2.75, 3.05) is 20.2 Å². The molecule has 3 aromatic rings. The molecule has 0 aliphatic carbocycles. The summed E-state index contributed by atoms with van der Waals surface area (Å²) in [5.74, 6) is 3.50. The number of ether oxygens (including phenoxy) is 1. The molecule has 1 saturated heterocycles. The van der Waals surface area contributed by atoms with E-state index in [2.05, 4.69) is 38.7 Å². The van der Waals surface area contributed by atoms with E-state index >= 15 is 0 Å². The molecule has 0 unspecified atom stereocenters. The highest BCUT2D eigenvalue weighted by atomic mass is 16.5. The fourth-order valence-electron chi connectivity index (χ4n) is 4.57. The van der Waals surface area contributed by atoms with Gasteiger partial charge in [0.25, 0.3) is 0 Å². The minimum absolute atomic E-state index is 0.687. The maximum atomic E-state index is 5.28. The molecule has 0 radical (unpaired) electrons. The summed E-state index contributed by atoms with van der Waals surface area (Å²) in [6, 6.07) is 14.5. The number of hydrogen-bond donors (Lipinski definition) is 0. The molecule has 0 spiro atoms. The molecule has 138 valence electrons. The van der Waals surface area contributed by atoms with E-state index in [1.54, 1.807) is 7.11 Å². The van der Waals surface area contributed by atoms with Gasteiger partial charge in [-0.05, 0) is 48.2 Å². The molecule has 4 heterocycles. The lowest BCUT2D eigenvalue weighted by Crippen LogP contribution is -2.28. The number of likely N-dealkylation sites (tertiary alicyclic amines) is 1. The highest BCUT2D eigenvalue weighted by Gasteiger charge is 2.37. The zero-order valence-electron chi connectivity index (χ0n) is 15.6. The standard InChI is InChI=1S/C22H24N4O/c1-27-20-7-5-16(6-8-20)21-11-24-22-10-17-12-25(13-18(17)14-26(21)22)15-19-4-2-3-9-23-19/h2-9,11,17-18H,10,12-15H2,1H3/t17-,18+/m0/s1. The van der Waals surface area contributed by atoms with Crippen LogP contribution in [0.2, 0.25) is 0 Å². The highest BCUT2D eigenvalue weighted by Crippen LogP contribution is 2.36. The van der Waals surface area contributed by atoms with Gasteiger partial charge in [0.05, 0.1) is 24.7 Å². The summed E-state index contributed by atoms with van der Waals surface area (Å²) in [5.41, 5.74) is 3.58. The van der Waals surface area contributed by atoms with Crippen molar-refractivity contribution < 1.29 is 4.74 Å². The Labute approximate surface area is 159 Å². The highest BCUT2D eigenvalue weighted by molar-refractivity contribution is 5.60. The molecule has 27 heavy (non-hydrogen) atoms. The zero-order chi connectivity index (χ0) is 18.2. The van der Waals surface area contributed by atoms with Gasteiger partial charge in [-0.2, -0.15) is 0 Å². The Morgan fingerprint density at radius 3 is 2.63 bits per heavy atom. The van der Waals surface area contributed by atoms with Gasteiger partial charge in [-0.15, -0.1) is 0 Å². The largest absolute Gasteiger partial charge is 0.497 e. The molecule has 1 aromatic carbocycles. The van der Waals surface area contributed by atoms with E-state index in [9.17, 15) is 0 Å². The molecule has 2 aromatic heterocycles. The van der Waals surface area contributed by atoms with Crippen molar-refractivity contribution in [3.8, 4) is 17.0 Å². The third-order valence-electron chi connectivity index (χ3n) is 5.95. The number of rotatable bonds is 4. The van der Waals surface area contributed by atoms with Gasteiger partial charge in [-0.25, -0.2) is 4.98 Å². The maximum absolute atomic E-state index is 5.28. The monoisotopic (exact) mass is 360 g/mol. The second kappa shape index (κ2) is 6.82. The molecular formula is C22H24N4O. The lowest BCUT2D eigenvalue weighted by atomic mass is 9.89. The van der Waals surface area contributed by atoms with E-state index in [1.165, 1.54) is 17.1 Å². The summed E-state index contributed by atoms with van der Waals surface area (Å²) >= 11 is 0. The van der Waals surface area contributed by atoms with Crippen LogP contribution in [0.5, 0.6) is 5.75 Å². The minimum atomic E-state index is 0.687. The van der Waals surface area contributed by atoms with Crippen LogP contribution in [0, 0.1) is 11.8 Å². The molecule has 1 fully saturated rings. The number of imidazole rings is 1. The maximum Gasteiger partial charge on any atom is 0.118 e. The van der Waals surface area contributed by atoms with Gasteiger partial charge in [0, 0.05) is 44.4 Å². The molecule has 0 bridgehead atoms. The number of benzene rings is 1. The summed E-state index contributed by atoms with van der Waals surface area (Å²) in [6.45, 7) is 4.29. The lowest BCUT2D eigenvalue weighted by molar-refractivity contribution is 0.304. The van der Waals surface area contributed by atoms with Crippen LogP contribution in [0.4, 0.5) is 0 Å². The van der Waals surface area contributed by atoms with Crippen LogP contribution in [0.25, 0.3) is 11.3 Å². The van der Waals surface area contributed by atoms with Crippen LogP contribution >= 0.6 is 0 Å². The Hall–Kier alpha value is -2.66. The first-order chi connectivity index (χ1) is 13.3. The number of hydrogen-bond acceptors (Lipinski definition) is 4. The van der Waals surface area contributed by atoms with Gasteiger partial charge in [0.15, 0.2) is 0 Å². The van der Waals surface area contributed by atoms with Crippen LogP contribution in [-0.4, -0.2) is 39.6 Å². The molecule has 0 saturated carbocycles. The van der Waals surface area contributed by atoms with Gasteiger partial charge < -0.3 is 9.30 Å².